The quantitative estimate of drug-likeness (QED) is 0.758. The molecule has 0 bridgehead atoms. The van der Waals surface area contributed by atoms with Crippen LogP contribution in [0.5, 0.6) is 5.75 Å². The minimum absolute atomic E-state index is 0.0150. The fourth-order valence-electron chi connectivity index (χ4n) is 3.11. The zero-order chi connectivity index (χ0) is 14.4. The normalized spacial score (nSPS) is 20.2. The number of aryl methyl sites for hydroxylation is 1. The Kier molecular flexibility index (Phi) is 2.89. The van der Waals surface area contributed by atoms with Crippen LogP contribution >= 0.6 is 11.3 Å². The summed E-state index contributed by atoms with van der Waals surface area (Å²) in [6.45, 7) is 0. The summed E-state index contributed by atoms with van der Waals surface area (Å²) in [6, 6.07) is 6.92. The monoisotopic (exact) mass is 300 g/mol. The van der Waals surface area contributed by atoms with Gasteiger partial charge in [-0.05, 0) is 48.9 Å². The van der Waals surface area contributed by atoms with Gasteiger partial charge in [-0.25, -0.2) is 0 Å². The molecule has 0 fully saturated rings. The third-order valence-electron chi connectivity index (χ3n) is 4.18. The molecule has 1 aliphatic carbocycles. The molecule has 1 amide bonds. The van der Waals surface area contributed by atoms with Crippen LogP contribution < -0.4 is 10.6 Å². The molecule has 0 saturated carbocycles. The van der Waals surface area contributed by atoms with Crippen molar-refractivity contribution in [3.8, 4) is 5.75 Å². The highest BCUT2D eigenvalue weighted by atomic mass is 32.1. The van der Waals surface area contributed by atoms with Crippen molar-refractivity contribution in [3.63, 3.8) is 0 Å². The maximum absolute atomic E-state index is 12.5. The number of anilines is 1. The number of thiophene rings is 1. The van der Waals surface area contributed by atoms with Crippen molar-refractivity contribution < 1.29 is 9.90 Å². The molecule has 0 spiro atoms. The van der Waals surface area contributed by atoms with E-state index in [-0.39, 0.29) is 17.8 Å². The highest BCUT2D eigenvalue weighted by Gasteiger charge is 2.31. The fourth-order valence-corrected chi connectivity index (χ4v) is 4.43. The lowest BCUT2D eigenvalue weighted by molar-refractivity contribution is 0.0935. The van der Waals surface area contributed by atoms with Gasteiger partial charge in [0.2, 0.25) is 0 Å². The van der Waals surface area contributed by atoms with E-state index in [1.165, 1.54) is 23.3 Å². The minimum atomic E-state index is -0.231. The third-order valence-corrected chi connectivity index (χ3v) is 5.40. The van der Waals surface area contributed by atoms with Crippen molar-refractivity contribution in [1.29, 1.82) is 0 Å². The number of carbonyl (C=O) groups is 1. The Hall–Kier alpha value is -2.01. The van der Waals surface area contributed by atoms with Crippen LogP contribution in [0.15, 0.2) is 24.3 Å². The van der Waals surface area contributed by atoms with E-state index in [0.29, 0.717) is 0 Å². The van der Waals surface area contributed by atoms with Crippen LogP contribution in [0.4, 0.5) is 5.00 Å². The van der Waals surface area contributed by atoms with Crippen molar-refractivity contribution in [2.24, 2.45) is 0 Å². The maximum Gasteiger partial charge on any atom is 0.256 e. The summed E-state index contributed by atoms with van der Waals surface area (Å²) in [7, 11) is 0. The zero-order valence-corrected chi connectivity index (χ0v) is 12.3. The lowest BCUT2D eigenvalue weighted by Crippen LogP contribution is -2.38. The van der Waals surface area contributed by atoms with Gasteiger partial charge in [-0.1, -0.05) is 12.1 Å². The Balaban J connectivity index is 1.70. The van der Waals surface area contributed by atoms with Crippen molar-refractivity contribution >= 4 is 22.2 Å². The highest BCUT2D eigenvalue weighted by molar-refractivity contribution is 7.16. The number of phenolic OH excluding ortho intramolecular Hbond substituents is 1. The lowest BCUT2D eigenvalue weighted by atomic mass is 9.94. The van der Waals surface area contributed by atoms with Gasteiger partial charge < -0.3 is 15.7 Å². The number of amides is 1. The molecule has 3 N–H and O–H groups in total. The largest absolute Gasteiger partial charge is 0.508 e. The molecule has 21 heavy (non-hydrogen) atoms. The van der Waals surface area contributed by atoms with E-state index in [1.54, 1.807) is 23.5 Å². The van der Waals surface area contributed by atoms with Gasteiger partial charge in [-0.3, -0.25) is 4.79 Å². The molecule has 1 aromatic heterocycles. The van der Waals surface area contributed by atoms with Gasteiger partial charge in [-0.2, -0.15) is 0 Å². The van der Waals surface area contributed by atoms with Crippen LogP contribution in [0.25, 0.3) is 0 Å². The number of fused-ring (bicyclic) bond motifs is 3. The summed E-state index contributed by atoms with van der Waals surface area (Å²) in [4.78, 5) is 13.8. The van der Waals surface area contributed by atoms with Gasteiger partial charge in [0.05, 0.1) is 5.56 Å². The lowest BCUT2D eigenvalue weighted by Gasteiger charge is -2.26. The van der Waals surface area contributed by atoms with E-state index in [0.717, 1.165) is 29.0 Å². The molecule has 5 heteroatoms. The summed E-state index contributed by atoms with van der Waals surface area (Å²) in [6.07, 6.45) is 4.26. The molecule has 1 aromatic carbocycles. The van der Waals surface area contributed by atoms with Crippen LogP contribution in [0, 0.1) is 0 Å². The first-order chi connectivity index (χ1) is 10.2. The van der Waals surface area contributed by atoms with Crippen LogP contribution in [0.3, 0.4) is 0 Å². The first-order valence-corrected chi connectivity index (χ1v) is 8.05. The van der Waals surface area contributed by atoms with E-state index >= 15 is 0 Å². The molecule has 4 rings (SSSR count). The highest BCUT2D eigenvalue weighted by Crippen LogP contribution is 2.41. The van der Waals surface area contributed by atoms with E-state index in [1.807, 2.05) is 12.1 Å². The Bertz CT molecular complexity index is 706. The summed E-state index contributed by atoms with van der Waals surface area (Å²) in [5.41, 5.74) is 3.04. The number of aromatic hydroxyl groups is 1. The zero-order valence-electron chi connectivity index (χ0n) is 11.5. The van der Waals surface area contributed by atoms with Crippen LogP contribution in [-0.2, 0) is 12.8 Å². The maximum atomic E-state index is 12.5. The molecule has 2 aliphatic rings. The van der Waals surface area contributed by atoms with Gasteiger partial charge in [0.25, 0.3) is 5.91 Å². The molecular formula is C16H16N2O2S. The van der Waals surface area contributed by atoms with E-state index in [9.17, 15) is 9.90 Å². The molecule has 1 aliphatic heterocycles. The van der Waals surface area contributed by atoms with E-state index in [2.05, 4.69) is 10.6 Å². The molecule has 108 valence electrons. The summed E-state index contributed by atoms with van der Waals surface area (Å²) in [5, 5.41) is 16.8. The first kappa shape index (κ1) is 12.7. The number of nitrogens with one attached hydrogen (secondary N) is 2. The van der Waals surface area contributed by atoms with Gasteiger partial charge in [0.1, 0.15) is 16.9 Å². The summed E-state index contributed by atoms with van der Waals surface area (Å²) in [5.74, 6) is 0.245. The number of hydrogen-bond acceptors (Lipinski definition) is 4. The molecule has 4 nitrogen and oxygen atoms in total. The SMILES string of the molecule is O=C1NC(c2ccc(O)cc2)Nc2sc3c(c21)CCCC3. The Morgan fingerprint density at radius 1 is 1.10 bits per heavy atom. The van der Waals surface area contributed by atoms with Gasteiger partial charge >= 0.3 is 0 Å². The van der Waals surface area contributed by atoms with Crippen molar-refractivity contribution in [2.45, 2.75) is 31.8 Å². The predicted molar refractivity (Wildman–Crippen MR) is 82.9 cm³/mol. The van der Waals surface area contributed by atoms with Crippen LogP contribution in [0.1, 0.15) is 45.4 Å². The number of phenols is 1. The van der Waals surface area contributed by atoms with Crippen molar-refractivity contribution in [1.82, 2.24) is 5.32 Å². The summed E-state index contributed by atoms with van der Waals surface area (Å²) >= 11 is 1.72. The Morgan fingerprint density at radius 3 is 2.67 bits per heavy atom. The van der Waals surface area contributed by atoms with Crippen molar-refractivity contribution in [3.05, 3.63) is 45.8 Å². The average molecular weight is 300 g/mol. The van der Waals surface area contributed by atoms with Crippen LogP contribution in [-0.4, -0.2) is 11.0 Å². The predicted octanol–water partition coefficient (Wildman–Crippen LogP) is 3.19. The molecule has 2 heterocycles. The van der Waals surface area contributed by atoms with E-state index in [4.69, 9.17) is 0 Å². The number of rotatable bonds is 1. The van der Waals surface area contributed by atoms with Gasteiger partial charge in [-0.15, -0.1) is 11.3 Å². The third kappa shape index (κ3) is 2.08. The smallest absolute Gasteiger partial charge is 0.256 e. The van der Waals surface area contributed by atoms with Gasteiger partial charge in [0.15, 0.2) is 0 Å². The fraction of sp³-hybridized carbons (Fsp3) is 0.312. The second-order valence-electron chi connectivity index (χ2n) is 5.56. The van der Waals surface area contributed by atoms with Gasteiger partial charge in [0, 0.05) is 4.88 Å². The van der Waals surface area contributed by atoms with Crippen molar-refractivity contribution in [2.75, 3.05) is 5.32 Å². The number of carbonyl (C=O) groups excluding carboxylic acids is 1. The Morgan fingerprint density at radius 2 is 1.86 bits per heavy atom. The second-order valence-corrected chi connectivity index (χ2v) is 6.66. The number of hydrogen-bond donors (Lipinski definition) is 3. The first-order valence-electron chi connectivity index (χ1n) is 7.23. The second kappa shape index (κ2) is 4.77. The molecule has 0 radical (unpaired) electrons. The Labute approximate surface area is 126 Å². The topological polar surface area (TPSA) is 61.4 Å². The molecule has 2 aromatic rings. The minimum Gasteiger partial charge on any atom is -0.508 e. The average Bonchev–Trinajstić information content (AvgIpc) is 2.86. The van der Waals surface area contributed by atoms with Crippen LogP contribution in [0.2, 0.25) is 0 Å². The van der Waals surface area contributed by atoms with E-state index < -0.39 is 0 Å². The molecular weight excluding hydrogens is 284 g/mol. The molecule has 1 atom stereocenters. The summed E-state index contributed by atoms with van der Waals surface area (Å²) < 4.78 is 0. The standard InChI is InChI=1S/C16H16N2O2S/c19-10-7-5-9(6-8-10)14-17-15(20)13-11-3-1-2-4-12(11)21-16(13)18-14/h5-8,14,18-19H,1-4H2,(H,17,20). The molecule has 1 unspecified atom stereocenters. The number of benzene rings is 1. The molecule has 0 saturated heterocycles.